The number of aromatic nitrogens is 1. The Labute approximate surface area is 177 Å². The van der Waals surface area contributed by atoms with E-state index in [1.54, 1.807) is 0 Å². The highest BCUT2D eigenvalue weighted by Gasteiger charge is 2.54. The number of pyridine rings is 1. The molecule has 6 nitrogen and oxygen atoms in total. The second kappa shape index (κ2) is 7.51. The molecule has 5 rings (SSSR count). The van der Waals surface area contributed by atoms with Gasteiger partial charge in [-0.15, -0.1) is 0 Å². The Morgan fingerprint density at radius 3 is 2.33 bits per heavy atom. The predicted octanol–water partition coefficient (Wildman–Crippen LogP) is 2.77. The van der Waals surface area contributed by atoms with Crippen LogP contribution in [0.4, 0.5) is 4.79 Å². The first kappa shape index (κ1) is 19.2. The van der Waals surface area contributed by atoms with Gasteiger partial charge in [0, 0.05) is 18.8 Å². The molecule has 30 heavy (non-hydrogen) atoms. The molecule has 1 aromatic heterocycles. The Morgan fingerprint density at radius 2 is 1.70 bits per heavy atom. The molecule has 2 aliphatic heterocycles. The van der Waals surface area contributed by atoms with Gasteiger partial charge in [0.2, 0.25) is 0 Å². The topological polar surface area (TPSA) is 65.5 Å². The number of nitrogens with one attached hydrogen (secondary N) is 1. The molecule has 2 saturated heterocycles. The molecule has 1 atom stereocenters. The fourth-order valence-electron chi connectivity index (χ4n) is 5.39. The third-order valence-corrected chi connectivity index (χ3v) is 7.16. The lowest BCUT2D eigenvalue weighted by Gasteiger charge is -2.39. The van der Waals surface area contributed by atoms with Crippen molar-refractivity contribution in [3.05, 3.63) is 65.5 Å². The Bertz CT molecular complexity index is 930. The SMILES string of the molecule is C[C@@]1(C2CCN(Cc3ccccn3)CC2)NC(=O)N(C2Cc3ccccc3C2)C1=O. The van der Waals surface area contributed by atoms with Gasteiger partial charge in [-0.25, -0.2) is 4.79 Å². The van der Waals surface area contributed by atoms with Gasteiger partial charge >= 0.3 is 6.03 Å². The van der Waals surface area contributed by atoms with Crippen LogP contribution in [0.15, 0.2) is 48.7 Å². The largest absolute Gasteiger partial charge is 0.325 e. The summed E-state index contributed by atoms with van der Waals surface area (Å²) in [4.78, 5) is 34.6. The lowest BCUT2D eigenvalue weighted by Crippen LogP contribution is -2.54. The standard InChI is InChI=1S/C24H28N4O2/c1-24(19-9-12-27(13-10-19)16-20-8-4-5-11-25-20)22(29)28(23(30)26-24)21-14-17-6-2-3-7-18(17)15-21/h2-8,11,19,21H,9-10,12-16H2,1H3,(H,26,30)/t24-/m0/s1. The molecule has 1 N–H and O–H groups in total. The fraction of sp³-hybridized carbons (Fsp3) is 0.458. The molecule has 2 aromatic rings. The maximum Gasteiger partial charge on any atom is 0.325 e. The molecule has 2 fully saturated rings. The lowest BCUT2D eigenvalue weighted by atomic mass is 9.78. The Morgan fingerprint density at radius 1 is 1.03 bits per heavy atom. The Balaban J connectivity index is 1.25. The van der Waals surface area contributed by atoms with E-state index >= 15 is 0 Å². The molecule has 0 bridgehead atoms. The van der Waals surface area contributed by atoms with Gasteiger partial charge in [-0.3, -0.25) is 19.6 Å². The zero-order chi connectivity index (χ0) is 20.7. The molecule has 0 spiro atoms. The van der Waals surface area contributed by atoms with Gasteiger partial charge in [-0.1, -0.05) is 30.3 Å². The number of urea groups is 1. The minimum atomic E-state index is -0.803. The normalized spacial score (nSPS) is 25.6. The van der Waals surface area contributed by atoms with Crippen molar-refractivity contribution in [2.24, 2.45) is 5.92 Å². The number of carbonyl (C=O) groups is 2. The molecule has 3 heterocycles. The molecule has 0 unspecified atom stereocenters. The molecule has 3 aliphatic rings. The molecular formula is C24H28N4O2. The first-order valence-electron chi connectivity index (χ1n) is 10.9. The molecule has 1 aliphatic carbocycles. The average Bonchev–Trinajstić information content (AvgIpc) is 3.27. The van der Waals surface area contributed by atoms with Gasteiger partial charge in [0.15, 0.2) is 0 Å². The zero-order valence-electron chi connectivity index (χ0n) is 17.4. The van der Waals surface area contributed by atoms with Crippen molar-refractivity contribution in [2.75, 3.05) is 13.1 Å². The van der Waals surface area contributed by atoms with Crippen LogP contribution in [0, 0.1) is 5.92 Å². The van der Waals surface area contributed by atoms with Crippen LogP contribution in [0.25, 0.3) is 0 Å². The smallest absolute Gasteiger partial charge is 0.323 e. The number of amides is 3. The number of imide groups is 1. The number of benzene rings is 1. The molecule has 1 aromatic carbocycles. The molecule has 6 heteroatoms. The minimum Gasteiger partial charge on any atom is -0.323 e. The number of hydrogen-bond donors (Lipinski definition) is 1. The molecule has 0 saturated carbocycles. The highest BCUT2D eigenvalue weighted by Crippen LogP contribution is 2.36. The van der Waals surface area contributed by atoms with E-state index < -0.39 is 5.54 Å². The number of likely N-dealkylation sites (tertiary alicyclic amines) is 1. The van der Waals surface area contributed by atoms with Crippen molar-refractivity contribution in [1.29, 1.82) is 0 Å². The quantitative estimate of drug-likeness (QED) is 0.796. The highest BCUT2D eigenvalue weighted by molar-refractivity contribution is 6.07. The van der Waals surface area contributed by atoms with Crippen molar-refractivity contribution in [3.8, 4) is 0 Å². The average molecular weight is 405 g/mol. The summed E-state index contributed by atoms with van der Waals surface area (Å²) in [5, 5.41) is 3.07. The van der Waals surface area contributed by atoms with E-state index in [2.05, 4.69) is 27.3 Å². The Kier molecular flexibility index (Phi) is 4.82. The lowest BCUT2D eigenvalue weighted by molar-refractivity contribution is -0.134. The number of hydrogen-bond acceptors (Lipinski definition) is 4. The van der Waals surface area contributed by atoms with Crippen molar-refractivity contribution < 1.29 is 9.59 Å². The van der Waals surface area contributed by atoms with E-state index in [1.807, 2.05) is 43.5 Å². The Hall–Kier alpha value is -2.73. The van der Waals surface area contributed by atoms with Gasteiger partial charge < -0.3 is 5.32 Å². The predicted molar refractivity (Wildman–Crippen MR) is 114 cm³/mol. The van der Waals surface area contributed by atoms with E-state index in [1.165, 1.54) is 16.0 Å². The number of piperidine rings is 1. The number of fused-ring (bicyclic) bond motifs is 1. The second-order valence-corrected chi connectivity index (χ2v) is 9.01. The third kappa shape index (κ3) is 3.29. The molecule has 0 radical (unpaired) electrons. The summed E-state index contributed by atoms with van der Waals surface area (Å²) in [6, 6.07) is 13.9. The van der Waals surface area contributed by atoms with Crippen LogP contribution >= 0.6 is 0 Å². The van der Waals surface area contributed by atoms with Gasteiger partial charge in [-0.05, 0) is 74.9 Å². The summed E-state index contributed by atoms with van der Waals surface area (Å²) in [7, 11) is 0. The zero-order valence-corrected chi connectivity index (χ0v) is 17.4. The summed E-state index contributed by atoms with van der Waals surface area (Å²) in [5.74, 6) is 0.108. The summed E-state index contributed by atoms with van der Waals surface area (Å²) in [5.41, 5.74) is 2.77. The van der Waals surface area contributed by atoms with Crippen LogP contribution in [0.2, 0.25) is 0 Å². The van der Waals surface area contributed by atoms with E-state index in [4.69, 9.17) is 0 Å². The summed E-state index contributed by atoms with van der Waals surface area (Å²) >= 11 is 0. The summed E-state index contributed by atoms with van der Waals surface area (Å²) in [6.07, 6.45) is 5.13. The van der Waals surface area contributed by atoms with E-state index in [0.717, 1.165) is 51.0 Å². The summed E-state index contributed by atoms with van der Waals surface area (Å²) < 4.78 is 0. The van der Waals surface area contributed by atoms with Crippen molar-refractivity contribution >= 4 is 11.9 Å². The second-order valence-electron chi connectivity index (χ2n) is 9.01. The van der Waals surface area contributed by atoms with E-state index in [9.17, 15) is 9.59 Å². The van der Waals surface area contributed by atoms with Gasteiger partial charge in [-0.2, -0.15) is 0 Å². The summed E-state index contributed by atoms with van der Waals surface area (Å²) in [6.45, 7) is 4.58. The van der Waals surface area contributed by atoms with Crippen LogP contribution in [0.5, 0.6) is 0 Å². The van der Waals surface area contributed by atoms with Crippen LogP contribution < -0.4 is 5.32 Å². The van der Waals surface area contributed by atoms with Crippen LogP contribution in [0.1, 0.15) is 36.6 Å². The number of carbonyl (C=O) groups excluding carboxylic acids is 2. The van der Waals surface area contributed by atoms with Crippen LogP contribution in [-0.4, -0.2) is 51.4 Å². The monoisotopic (exact) mass is 404 g/mol. The molecular weight excluding hydrogens is 376 g/mol. The first-order valence-corrected chi connectivity index (χ1v) is 10.9. The maximum absolute atomic E-state index is 13.5. The highest BCUT2D eigenvalue weighted by atomic mass is 16.2. The van der Waals surface area contributed by atoms with Gasteiger partial charge in [0.1, 0.15) is 5.54 Å². The van der Waals surface area contributed by atoms with Crippen LogP contribution in [0.3, 0.4) is 0 Å². The third-order valence-electron chi connectivity index (χ3n) is 7.16. The minimum absolute atomic E-state index is 0.0477. The van der Waals surface area contributed by atoms with Gasteiger partial charge in [0.25, 0.3) is 5.91 Å². The number of nitrogens with zero attached hydrogens (tertiary/aromatic N) is 3. The van der Waals surface area contributed by atoms with Crippen molar-refractivity contribution in [1.82, 2.24) is 20.1 Å². The molecule has 3 amide bonds. The van der Waals surface area contributed by atoms with Crippen molar-refractivity contribution in [2.45, 2.75) is 50.7 Å². The van der Waals surface area contributed by atoms with Crippen molar-refractivity contribution in [3.63, 3.8) is 0 Å². The van der Waals surface area contributed by atoms with E-state index in [-0.39, 0.29) is 23.9 Å². The first-order chi connectivity index (χ1) is 14.5. The fourth-order valence-corrected chi connectivity index (χ4v) is 5.39. The maximum atomic E-state index is 13.5. The van der Waals surface area contributed by atoms with Crippen LogP contribution in [-0.2, 0) is 24.2 Å². The number of rotatable bonds is 4. The van der Waals surface area contributed by atoms with E-state index in [0.29, 0.717) is 0 Å². The molecule has 156 valence electrons. The van der Waals surface area contributed by atoms with Gasteiger partial charge in [0.05, 0.1) is 5.69 Å².